The first-order valence-corrected chi connectivity index (χ1v) is 6.99. The first-order valence-electron chi connectivity index (χ1n) is 6.99. The Morgan fingerprint density at radius 2 is 1.35 bits per heavy atom. The molecule has 0 aromatic carbocycles. The lowest BCUT2D eigenvalue weighted by Gasteiger charge is -2.08. The Morgan fingerprint density at radius 3 is 1.69 bits per heavy atom. The van der Waals surface area contributed by atoms with Crippen molar-refractivity contribution in [3.63, 3.8) is 0 Å². The van der Waals surface area contributed by atoms with Crippen LogP contribution in [-0.4, -0.2) is 15.1 Å². The molecule has 0 amide bonds. The molecule has 2 heterocycles. The van der Waals surface area contributed by atoms with Gasteiger partial charge >= 0.3 is 12.4 Å². The predicted molar refractivity (Wildman–Crippen MR) is 78.6 cm³/mol. The second-order valence-electron chi connectivity index (χ2n) is 5.04. The molecule has 0 aliphatic heterocycles. The molecule has 2 aromatic rings. The van der Waals surface area contributed by atoms with Crippen molar-refractivity contribution >= 4 is 0 Å². The third kappa shape index (κ3) is 5.70. The molecule has 140 valence electrons. The zero-order chi connectivity index (χ0) is 20.1. The number of pyridine rings is 2. The van der Waals surface area contributed by atoms with E-state index < -0.39 is 23.7 Å². The Hall–Kier alpha value is -2.67. The lowest BCUT2D eigenvalue weighted by atomic mass is 10.2. The summed E-state index contributed by atoms with van der Waals surface area (Å²) in [6, 6.07) is 5.74. The van der Waals surface area contributed by atoms with Crippen molar-refractivity contribution in [3.8, 4) is 6.07 Å². The summed E-state index contributed by atoms with van der Waals surface area (Å²) in [4.78, 5) is 6.60. The fourth-order valence-corrected chi connectivity index (χ4v) is 1.75. The van der Waals surface area contributed by atoms with E-state index in [-0.39, 0.29) is 23.6 Å². The van der Waals surface area contributed by atoms with Crippen LogP contribution < -0.4 is 0 Å². The summed E-state index contributed by atoms with van der Waals surface area (Å²) in [5, 5.41) is 17.1. The van der Waals surface area contributed by atoms with Gasteiger partial charge < -0.3 is 5.11 Å². The molecule has 2 rings (SSSR count). The number of alkyl halides is 6. The maximum atomic E-state index is 12.1. The van der Waals surface area contributed by atoms with Crippen LogP contribution in [0, 0.1) is 25.2 Å². The van der Waals surface area contributed by atoms with Gasteiger partial charge in [0.2, 0.25) is 0 Å². The van der Waals surface area contributed by atoms with Crippen molar-refractivity contribution < 1.29 is 31.4 Å². The quantitative estimate of drug-likeness (QED) is 0.757. The van der Waals surface area contributed by atoms with Gasteiger partial charge in [-0.25, -0.2) is 9.97 Å². The normalized spacial score (nSPS) is 11.4. The van der Waals surface area contributed by atoms with Crippen LogP contribution >= 0.6 is 0 Å². The molecular weight excluding hydrogens is 364 g/mol. The topological polar surface area (TPSA) is 69.8 Å². The summed E-state index contributed by atoms with van der Waals surface area (Å²) in [5.74, 6) is 0. The van der Waals surface area contributed by atoms with Crippen molar-refractivity contribution in [1.29, 1.82) is 5.26 Å². The standard InChI is InChI=1S/C8H5F3N2.C8H8F3NO/c1-5-6(4-12)2-3-7(13-5)8(9,10)11;1-5-6(4-13)2-3-7(12-5)8(9,10)11/h2-3H,1H3;2-3,13H,4H2,1H3. The molecule has 0 bridgehead atoms. The van der Waals surface area contributed by atoms with Gasteiger partial charge in [-0.1, -0.05) is 6.07 Å². The van der Waals surface area contributed by atoms with E-state index in [1.165, 1.54) is 19.9 Å². The maximum absolute atomic E-state index is 12.1. The van der Waals surface area contributed by atoms with Crippen molar-refractivity contribution in [2.45, 2.75) is 32.8 Å². The van der Waals surface area contributed by atoms with Crippen LogP contribution in [0.3, 0.4) is 0 Å². The van der Waals surface area contributed by atoms with E-state index in [1.807, 2.05) is 0 Å². The molecule has 0 saturated heterocycles. The number of hydrogen-bond donors (Lipinski definition) is 1. The van der Waals surface area contributed by atoms with Crippen LogP contribution in [0.1, 0.15) is 33.9 Å². The van der Waals surface area contributed by atoms with Gasteiger partial charge in [0.25, 0.3) is 0 Å². The highest BCUT2D eigenvalue weighted by Gasteiger charge is 2.33. The Labute approximate surface area is 144 Å². The van der Waals surface area contributed by atoms with Crippen LogP contribution in [0.5, 0.6) is 0 Å². The highest BCUT2D eigenvalue weighted by Crippen LogP contribution is 2.28. The number of nitriles is 1. The number of aromatic nitrogens is 2. The number of aryl methyl sites for hydroxylation is 2. The summed E-state index contributed by atoms with van der Waals surface area (Å²) >= 11 is 0. The smallest absolute Gasteiger partial charge is 0.392 e. The van der Waals surface area contributed by atoms with Gasteiger partial charge in [-0.15, -0.1) is 0 Å². The van der Waals surface area contributed by atoms with Gasteiger partial charge in [-0.05, 0) is 37.6 Å². The average Bonchev–Trinajstić information content (AvgIpc) is 2.53. The Bertz CT molecular complexity index is 809. The molecule has 0 aliphatic rings. The summed E-state index contributed by atoms with van der Waals surface area (Å²) < 4.78 is 72.4. The zero-order valence-electron chi connectivity index (χ0n) is 13.6. The van der Waals surface area contributed by atoms with E-state index in [9.17, 15) is 26.3 Å². The highest BCUT2D eigenvalue weighted by atomic mass is 19.4. The fourth-order valence-electron chi connectivity index (χ4n) is 1.75. The van der Waals surface area contributed by atoms with Crippen molar-refractivity contribution in [2.24, 2.45) is 0 Å². The van der Waals surface area contributed by atoms with Gasteiger partial charge in [0.05, 0.1) is 17.9 Å². The monoisotopic (exact) mass is 377 g/mol. The van der Waals surface area contributed by atoms with Crippen molar-refractivity contribution in [3.05, 3.63) is 58.2 Å². The molecule has 0 unspecified atom stereocenters. The molecule has 0 fully saturated rings. The lowest BCUT2D eigenvalue weighted by Crippen LogP contribution is -2.09. The molecule has 0 aliphatic carbocycles. The molecule has 1 N–H and O–H groups in total. The Balaban J connectivity index is 0.000000260. The summed E-state index contributed by atoms with van der Waals surface area (Å²) in [7, 11) is 0. The minimum atomic E-state index is -4.45. The van der Waals surface area contributed by atoms with Crippen LogP contribution in [0.25, 0.3) is 0 Å². The maximum Gasteiger partial charge on any atom is 0.433 e. The highest BCUT2D eigenvalue weighted by molar-refractivity contribution is 5.33. The first-order chi connectivity index (χ1) is 11.9. The molecule has 10 heteroatoms. The van der Waals surface area contributed by atoms with E-state index in [4.69, 9.17) is 10.4 Å². The van der Waals surface area contributed by atoms with E-state index >= 15 is 0 Å². The third-order valence-corrected chi connectivity index (χ3v) is 3.15. The molecular formula is C16H13F6N3O. The minimum absolute atomic E-state index is 0.0947. The van der Waals surface area contributed by atoms with Gasteiger partial charge in [0, 0.05) is 5.69 Å². The van der Waals surface area contributed by atoms with Crippen LogP contribution in [0.15, 0.2) is 24.3 Å². The number of aliphatic hydroxyl groups is 1. The third-order valence-electron chi connectivity index (χ3n) is 3.15. The van der Waals surface area contributed by atoms with Gasteiger partial charge in [0.1, 0.15) is 17.5 Å². The average molecular weight is 377 g/mol. The SMILES string of the molecule is Cc1nc(C(F)(F)F)ccc1C#N.Cc1nc(C(F)(F)F)ccc1CO. The molecule has 0 spiro atoms. The minimum Gasteiger partial charge on any atom is -0.392 e. The van der Waals surface area contributed by atoms with E-state index in [2.05, 4.69) is 9.97 Å². The molecule has 0 atom stereocenters. The van der Waals surface area contributed by atoms with Gasteiger partial charge in [-0.2, -0.15) is 31.6 Å². The largest absolute Gasteiger partial charge is 0.433 e. The summed E-state index contributed by atoms with van der Waals surface area (Å²) in [5.41, 5.74) is -1.03. The number of nitrogens with zero attached hydrogens (tertiary/aromatic N) is 3. The summed E-state index contributed by atoms with van der Waals surface area (Å²) in [6.45, 7) is 2.51. The van der Waals surface area contributed by atoms with Gasteiger partial charge in [0.15, 0.2) is 0 Å². The Morgan fingerprint density at radius 1 is 0.885 bits per heavy atom. The fraction of sp³-hybridized carbons (Fsp3) is 0.312. The number of hydrogen-bond acceptors (Lipinski definition) is 4. The van der Waals surface area contributed by atoms with Crippen LogP contribution in [-0.2, 0) is 19.0 Å². The second-order valence-corrected chi connectivity index (χ2v) is 5.04. The number of halogens is 6. The van der Waals surface area contributed by atoms with Crippen molar-refractivity contribution in [1.82, 2.24) is 9.97 Å². The molecule has 2 aromatic heterocycles. The number of rotatable bonds is 1. The Kier molecular flexibility index (Phi) is 6.69. The van der Waals surface area contributed by atoms with E-state index in [0.29, 0.717) is 5.56 Å². The van der Waals surface area contributed by atoms with Crippen LogP contribution in [0.2, 0.25) is 0 Å². The molecule has 26 heavy (non-hydrogen) atoms. The molecule has 0 radical (unpaired) electrons. The molecule has 0 saturated carbocycles. The molecule has 4 nitrogen and oxygen atoms in total. The first kappa shape index (κ1) is 21.4. The summed E-state index contributed by atoms with van der Waals surface area (Å²) in [6.07, 6.45) is -8.86. The van der Waals surface area contributed by atoms with Gasteiger partial charge in [-0.3, -0.25) is 0 Å². The van der Waals surface area contributed by atoms with Crippen molar-refractivity contribution in [2.75, 3.05) is 0 Å². The zero-order valence-corrected chi connectivity index (χ0v) is 13.6. The number of aliphatic hydroxyl groups excluding tert-OH is 1. The lowest BCUT2D eigenvalue weighted by molar-refractivity contribution is -0.142. The van der Waals surface area contributed by atoms with E-state index in [0.717, 1.165) is 18.2 Å². The van der Waals surface area contributed by atoms with Crippen LogP contribution in [0.4, 0.5) is 26.3 Å². The van der Waals surface area contributed by atoms with E-state index in [1.54, 1.807) is 6.07 Å². The predicted octanol–water partition coefficient (Wildman–Crippen LogP) is 4.18. The second kappa shape index (κ2) is 8.14.